The molecule has 0 amide bonds. The topological polar surface area (TPSA) is 79.9 Å². The second kappa shape index (κ2) is 8.20. The summed E-state index contributed by atoms with van der Waals surface area (Å²) in [6.45, 7) is 1.95. The first-order valence-corrected chi connectivity index (χ1v) is 11.4. The van der Waals surface area contributed by atoms with Crippen LogP contribution in [0.5, 0.6) is 0 Å². The molecule has 158 valence electrons. The summed E-state index contributed by atoms with van der Waals surface area (Å²) >= 11 is 3.09. The number of hydrogen-bond acceptors (Lipinski definition) is 5. The van der Waals surface area contributed by atoms with Crippen molar-refractivity contribution in [3.05, 3.63) is 82.7 Å². The van der Waals surface area contributed by atoms with Gasteiger partial charge in [-0.2, -0.15) is 17.9 Å². The van der Waals surface area contributed by atoms with Crippen LogP contribution in [0.25, 0.3) is 16.8 Å². The van der Waals surface area contributed by atoms with Gasteiger partial charge in [-0.25, -0.2) is 9.37 Å². The lowest BCUT2D eigenvalue weighted by molar-refractivity contribution is 0.490. The Morgan fingerprint density at radius 2 is 2.00 bits per heavy atom. The molecule has 0 aliphatic heterocycles. The standard InChI is InChI=1S/C21H17BrFN5O2S/c1-14-8-16(15-4-3-7-24-10-15)13-28-18(11-25-21(14)28)12-26-27(2)31(29,30)20-6-5-17(23)9-19(20)22/h3-13H,1-2H3. The van der Waals surface area contributed by atoms with E-state index in [9.17, 15) is 12.8 Å². The number of fused-ring (bicyclic) bond motifs is 1. The molecule has 31 heavy (non-hydrogen) atoms. The summed E-state index contributed by atoms with van der Waals surface area (Å²) in [5.41, 5.74) is 4.19. The molecule has 1 aromatic carbocycles. The Balaban J connectivity index is 1.70. The molecule has 0 fully saturated rings. The predicted molar refractivity (Wildman–Crippen MR) is 120 cm³/mol. The van der Waals surface area contributed by atoms with Gasteiger partial charge >= 0.3 is 0 Å². The maximum Gasteiger partial charge on any atom is 0.279 e. The van der Waals surface area contributed by atoms with Gasteiger partial charge in [0.15, 0.2) is 0 Å². The van der Waals surface area contributed by atoms with Gasteiger partial charge in [-0.1, -0.05) is 6.07 Å². The number of aryl methyl sites for hydroxylation is 1. The maximum atomic E-state index is 13.3. The molecular weight excluding hydrogens is 485 g/mol. The third-order valence-electron chi connectivity index (χ3n) is 4.69. The molecule has 7 nitrogen and oxygen atoms in total. The van der Waals surface area contributed by atoms with E-state index in [1.807, 2.05) is 35.7 Å². The Kier molecular flexibility index (Phi) is 5.59. The van der Waals surface area contributed by atoms with E-state index in [0.717, 1.165) is 38.9 Å². The first-order chi connectivity index (χ1) is 14.8. The van der Waals surface area contributed by atoms with E-state index in [4.69, 9.17) is 0 Å². The molecule has 4 aromatic rings. The Morgan fingerprint density at radius 1 is 1.19 bits per heavy atom. The molecule has 0 spiro atoms. The summed E-state index contributed by atoms with van der Waals surface area (Å²) in [7, 11) is -2.65. The van der Waals surface area contributed by atoms with Gasteiger partial charge in [-0.3, -0.25) is 9.38 Å². The van der Waals surface area contributed by atoms with Gasteiger partial charge in [-0.05, 0) is 58.7 Å². The Bertz CT molecular complexity index is 1400. The van der Waals surface area contributed by atoms with Crippen LogP contribution in [0, 0.1) is 12.7 Å². The fraction of sp³-hybridized carbons (Fsp3) is 0.0952. The number of rotatable bonds is 5. The average Bonchev–Trinajstić information content (AvgIpc) is 3.16. The fourth-order valence-electron chi connectivity index (χ4n) is 3.09. The monoisotopic (exact) mass is 501 g/mol. The third-order valence-corrected chi connectivity index (χ3v) is 7.31. The highest BCUT2D eigenvalue weighted by Crippen LogP contribution is 2.26. The fourth-order valence-corrected chi connectivity index (χ4v) is 5.06. The number of nitrogens with zero attached hydrogens (tertiary/aromatic N) is 5. The average molecular weight is 502 g/mol. The van der Waals surface area contributed by atoms with Crippen molar-refractivity contribution in [1.82, 2.24) is 18.8 Å². The lowest BCUT2D eigenvalue weighted by atomic mass is 10.1. The number of halogens is 2. The molecule has 0 aliphatic rings. The van der Waals surface area contributed by atoms with E-state index in [2.05, 4.69) is 31.0 Å². The van der Waals surface area contributed by atoms with Gasteiger partial charge in [0, 0.05) is 41.2 Å². The minimum atomic E-state index is -3.97. The Labute approximate surface area is 187 Å². The van der Waals surface area contributed by atoms with Crippen molar-refractivity contribution in [1.29, 1.82) is 0 Å². The Morgan fingerprint density at radius 3 is 2.71 bits per heavy atom. The van der Waals surface area contributed by atoms with Crippen molar-refractivity contribution in [2.45, 2.75) is 11.8 Å². The molecular formula is C21H17BrFN5O2S. The van der Waals surface area contributed by atoms with Gasteiger partial charge in [0.25, 0.3) is 10.0 Å². The van der Waals surface area contributed by atoms with Gasteiger partial charge in [0.1, 0.15) is 16.4 Å². The van der Waals surface area contributed by atoms with Gasteiger partial charge in [-0.15, -0.1) is 0 Å². The van der Waals surface area contributed by atoms with Crippen molar-refractivity contribution in [3.63, 3.8) is 0 Å². The summed E-state index contributed by atoms with van der Waals surface area (Å²) in [5, 5.41) is 4.09. The number of hydrazone groups is 1. The molecule has 3 heterocycles. The van der Waals surface area contributed by atoms with Crippen molar-refractivity contribution in [2.24, 2.45) is 5.10 Å². The molecule has 0 aliphatic carbocycles. The lowest BCUT2D eigenvalue weighted by Crippen LogP contribution is -2.22. The lowest BCUT2D eigenvalue weighted by Gasteiger charge is -2.14. The molecule has 3 aromatic heterocycles. The van der Waals surface area contributed by atoms with Crippen LogP contribution in [0.4, 0.5) is 4.39 Å². The maximum absolute atomic E-state index is 13.3. The predicted octanol–water partition coefficient (Wildman–Crippen LogP) is 4.26. The molecule has 0 saturated heterocycles. The van der Waals surface area contributed by atoms with E-state index in [0.29, 0.717) is 5.69 Å². The second-order valence-electron chi connectivity index (χ2n) is 6.79. The van der Waals surface area contributed by atoms with Crippen molar-refractivity contribution in [2.75, 3.05) is 7.05 Å². The van der Waals surface area contributed by atoms with Crippen LogP contribution in [0.1, 0.15) is 11.3 Å². The quantitative estimate of drug-likeness (QED) is 0.302. The van der Waals surface area contributed by atoms with Gasteiger partial charge in [0.05, 0.1) is 18.1 Å². The van der Waals surface area contributed by atoms with Crippen LogP contribution in [0.2, 0.25) is 0 Å². The van der Waals surface area contributed by atoms with E-state index in [-0.39, 0.29) is 9.37 Å². The van der Waals surface area contributed by atoms with Gasteiger partial charge in [0.2, 0.25) is 0 Å². The summed E-state index contributed by atoms with van der Waals surface area (Å²) in [4.78, 5) is 8.49. The van der Waals surface area contributed by atoms with Crippen LogP contribution >= 0.6 is 15.9 Å². The molecule has 10 heteroatoms. The zero-order valence-corrected chi connectivity index (χ0v) is 19.0. The summed E-state index contributed by atoms with van der Waals surface area (Å²) in [6, 6.07) is 9.21. The van der Waals surface area contributed by atoms with Crippen LogP contribution in [0.15, 0.2) is 75.7 Å². The largest absolute Gasteiger partial charge is 0.298 e. The van der Waals surface area contributed by atoms with Crippen LogP contribution < -0.4 is 0 Å². The number of sulfonamides is 1. The number of pyridine rings is 2. The summed E-state index contributed by atoms with van der Waals surface area (Å²) < 4.78 is 41.8. The zero-order chi connectivity index (χ0) is 22.2. The van der Waals surface area contributed by atoms with E-state index in [1.165, 1.54) is 19.3 Å². The minimum absolute atomic E-state index is 0.0820. The second-order valence-corrected chi connectivity index (χ2v) is 9.56. The number of aromatic nitrogens is 3. The van der Waals surface area contributed by atoms with Crippen molar-refractivity contribution < 1.29 is 12.8 Å². The first-order valence-electron chi connectivity index (χ1n) is 9.13. The van der Waals surface area contributed by atoms with Crippen LogP contribution in [-0.2, 0) is 10.0 Å². The highest BCUT2D eigenvalue weighted by atomic mass is 79.9. The van der Waals surface area contributed by atoms with Crippen molar-refractivity contribution >= 4 is 37.8 Å². The van der Waals surface area contributed by atoms with E-state index in [1.54, 1.807) is 18.6 Å². The molecule has 0 bridgehead atoms. The summed E-state index contributed by atoms with van der Waals surface area (Å²) in [6.07, 6.45) is 8.42. The highest BCUT2D eigenvalue weighted by Gasteiger charge is 2.22. The molecule has 0 radical (unpaired) electrons. The van der Waals surface area contributed by atoms with Crippen LogP contribution in [-0.4, -0.2) is 40.5 Å². The number of imidazole rings is 1. The zero-order valence-electron chi connectivity index (χ0n) is 16.6. The van der Waals surface area contributed by atoms with E-state index >= 15 is 0 Å². The molecule has 0 unspecified atom stereocenters. The smallest absolute Gasteiger partial charge is 0.279 e. The third kappa shape index (κ3) is 4.08. The number of benzene rings is 1. The van der Waals surface area contributed by atoms with Crippen molar-refractivity contribution in [3.8, 4) is 11.1 Å². The van der Waals surface area contributed by atoms with E-state index < -0.39 is 15.8 Å². The highest BCUT2D eigenvalue weighted by molar-refractivity contribution is 9.10. The summed E-state index contributed by atoms with van der Waals surface area (Å²) in [5.74, 6) is -0.539. The van der Waals surface area contributed by atoms with Gasteiger partial charge < -0.3 is 0 Å². The first kappa shape index (κ1) is 21.1. The normalized spacial score (nSPS) is 12.0. The molecule has 0 atom stereocenters. The van der Waals surface area contributed by atoms with Crippen LogP contribution in [0.3, 0.4) is 0 Å². The Hall–Kier alpha value is -3.11. The molecule has 0 saturated carbocycles. The number of hydrogen-bond donors (Lipinski definition) is 0. The minimum Gasteiger partial charge on any atom is -0.298 e. The SMILES string of the molecule is Cc1cc(-c2cccnc2)cn2c(C=NN(C)S(=O)(=O)c3ccc(F)cc3Br)cnc12. The molecule has 4 rings (SSSR count). The molecule has 0 N–H and O–H groups in total.